The van der Waals surface area contributed by atoms with Crippen molar-refractivity contribution in [1.82, 2.24) is 4.90 Å². The zero-order valence-corrected chi connectivity index (χ0v) is 16.4. The SMILES string of the molecule is C=CCN(c1ccccc1Cl)S(=O)(=O)c1cccc(C(=O)N2CCCC2)c1. The lowest BCUT2D eigenvalue weighted by Crippen LogP contribution is -2.32. The van der Waals surface area contributed by atoms with E-state index in [-0.39, 0.29) is 17.3 Å². The van der Waals surface area contributed by atoms with Crippen molar-refractivity contribution in [2.24, 2.45) is 0 Å². The summed E-state index contributed by atoms with van der Waals surface area (Å²) in [6.45, 7) is 5.13. The number of amides is 1. The lowest BCUT2D eigenvalue weighted by molar-refractivity contribution is 0.0792. The van der Waals surface area contributed by atoms with Gasteiger partial charge in [-0.3, -0.25) is 9.10 Å². The molecule has 27 heavy (non-hydrogen) atoms. The van der Waals surface area contributed by atoms with E-state index in [2.05, 4.69) is 6.58 Å². The van der Waals surface area contributed by atoms with Crippen LogP contribution in [0.4, 0.5) is 5.69 Å². The van der Waals surface area contributed by atoms with Crippen molar-refractivity contribution >= 4 is 33.2 Å². The molecule has 0 aliphatic carbocycles. The minimum atomic E-state index is -3.91. The Morgan fingerprint density at radius 1 is 1.15 bits per heavy atom. The van der Waals surface area contributed by atoms with Crippen LogP contribution in [0.3, 0.4) is 0 Å². The van der Waals surface area contributed by atoms with Crippen molar-refractivity contribution in [2.45, 2.75) is 17.7 Å². The first-order valence-electron chi connectivity index (χ1n) is 8.72. The molecule has 0 bridgehead atoms. The predicted molar refractivity (Wildman–Crippen MR) is 108 cm³/mol. The van der Waals surface area contributed by atoms with E-state index >= 15 is 0 Å². The van der Waals surface area contributed by atoms with Crippen molar-refractivity contribution in [3.8, 4) is 0 Å². The molecule has 1 heterocycles. The van der Waals surface area contributed by atoms with Crippen LogP contribution in [0.25, 0.3) is 0 Å². The van der Waals surface area contributed by atoms with Crippen LogP contribution in [0.5, 0.6) is 0 Å². The van der Waals surface area contributed by atoms with Crippen molar-refractivity contribution in [1.29, 1.82) is 0 Å². The minimum Gasteiger partial charge on any atom is -0.339 e. The number of para-hydroxylation sites is 1. The average Bonchev–Trinajstić information content (AvgIpc) is 3.21. The quantitative estimate of drug-likeness (QED) is 0.685. The molecular formula is C20H21ClN2O3S. The number of hydrogen-bond donors (Lipinski definition) is 0. The van der Waals surface area contributed by atoms with Gasteiger partial charge in [-0.05, 0) is 43.2 Å². The van der Waals surface area contributed by atoms with Gasteiger partial charge in [0.15, 0.2) is 0 Å². The Labute approximate surface area is 164 Å². The molecule has 5 nitrogen and oxygen atoms in total. The zero-order valence-electron chi connectivity index (χ0n) is 14.8. The van der Waals surface area contributed by atoms with Crippen LogP contribution in [0, 0.1) is 0 Å². The smallest absolute Gasteiger partial charge is 0.264 e. The van der Waals surface area contributed by atoms with Gasteiger partial charge in [0.2, 0.25) is 0 Å². The van der Waals surface area contributed by atoms with Gasteiger partial charge in [0, 0.05) is 18.7 Å². The summed E-state index contributed by atoms with van der Waals surface area (Å²) in [4.78, 5) is 14.4. The van der Waals surface area contributed by atoms with Gasteiger partial charge >= 0.3 is 0 Å². The second-order valence-electron chi connectivity index (χ2n) is 6.30. The fourth-order valence-electron chi connectivity index (χ4n) is 3.12. The third kappa shape index (κ3) is 4.01. The van der Waals surface area contributed by atoms with Gasteiger partial charge in [0.1, 0.15) is 0 Å². The first-order chi connectivity index (χ1) is 12.9. The zero-order chi connectivity index (χ0) is 19.4. The van der Waals surface area contributed by atoms with Gasteiger partial charge in [-0.1, -0.05) is 35.9 Å². The van der Waals surface area contributed by atoms with E-state index in [0.29, 0.717) is 29.4 Å². The number of sulfonamides is 1. The molecule has 0 spiro atoms. The number of rotatable bonds is 6. The molecule has 0 radical (unpaired) electrons. The van der Waals surface area contributed by atoms with Crippen LogP contribution >= 0.6 is 11.6 Å². The Kier molecular flexibility index (Phi) is 5.87. The minimum absolute atomic E-state index is 0.0503. The van der Waals surface area contributed by atoms with Crippen molar-refractivity contribution in [2.75, 3.05) is 23.9 Å². The average molecular weight is 405 g/mol. The molecule has 1 fully saturated rings. The molecule has 0 aromatic heterocycles. The van der Waals surface area contributed by atoms with Gasteiger partial charge in [-0.15, -0.1) is 6.58 Å². The number of hydrogen-bond acceptors (Lipinski definition) is 3. The Morgan fingerprint density at radius 3 is 2.52 bits per heavy atom. The highest BCUT2D eigenvalue weighted by atomic mass is 35.5. The first-order valence-corrected chi connectivity index (χ1v) is 10.5. The van der Waals surface area contributed by atoms with E-state index in [1.165, 1.54) is 22.5 Å². The molecule has 1 saturated heterocycles. The molecule has 3 rings (SSSR count). The highest BCUT2D eigenvalue weighted by Gasteiger charge is 2.27. The van der Waals surface area contributed by atoms with Crippen LogP contribution in [0.2, 0.25) is 5.02 Å². The summed E-state index contributed by atoms with van der Waals surface area (Å²) >= 11 is 6.21. The monoisotopic (exact) mass is 404 g/mol. The molecule has 0 atom stereocenters. The maximum atomic E-state index is 13.3. The van der Waals surface area contributed by atoms with Crippen molar-refractivity contribution < 1.29 is 13.2 Å². The summed E-state index contributed by atoms with van der Waals surface area (Å²) in [6.07, 6.45) is 3.45. The van der Waals surface area contributed by atoms with E-state index in [4.69, 9.17) is 11.6 Å². The molecule has 0 N–H and O–H groups in total. The van der Waals surface area contributed by atoms with Crippen LogP contribution < -0.4 is 4.31 Å². The van der Waals surface area contributed by atoms with Crippen LogP contribution in [0.1, 0.15) is 23.2 Å². The molecule has 0 saturated carbocycles. The van der Waals surface area contributed by atoms with Gasteiger partial charge in [-0.25, -0.2) is 8.42 Å². The molecule has 7 heteroatoms. The summed E-state index contributed by atoms with van der Waals surface area (Å²) in [7, 11) is -3.91. The highest BCUT2D eigenvalue weighted by molar-refractivity contribution is 7.92. The van der Waals surface area contributed by atoms with E-state index in [9.17, 15) is 13.2 Å². The summed E-state index contributed by atoms with van der Waals surface area (Å²) in [5.74, 6) is -0.141. The lowest BCUT2D eigenvalue weighted by Gasteiger charge is -2.24. The standard InChI is InChI=1S/C20H21ClN2O3S/c1-2-12-23(19-11-4-3-10-18(19)21)27(25,26)17-9-7-8-16(15-17)20(24)22-13-5-6-14-22/h2-4,7-11,15H,1,5-6,12-14H2. The normalized spacial score (nSPS) is 14.2. The fourth-order valence-corrected chi connectivity index (χ4v) is 4.91. The molecule has 0 unspecified atom stereocenters. The third-order valence-electron chi connectivity index (χ3n) is 4.48. The van der Waals surface area contributed by atoms with Gasteiger partial charge in [0.25, 0.3) is 15.9 Å². The Hall–Kier alpha value is -2.31. The van der Waals surface area contributed by atoms with E-state index in [0.717, 1.165) is 12.8 Å². The Morgan fingerprint density at radius 2 is 1.85 bits per heavy atom. The lowest BCUT2D eigenvalue weighted by atomic mass is 10.2. The molecule has 1 aliphatic heterocycles. The number of carbonyl (C=O) groups is 1. The molecule has 1 aliphatic rings. The second-order valence-corrected chi connectivity index (χ2v) is 8.57. The number of anilines is 1. The van der Waals surface area contributed by atoms with E-state index in [1.54, 1.807) is 41.3 Å². The molecular weight excluding hydrogens is 384 g/mol. The van der Waals surface area contributed by atoms with Crippen molar-refractivity contribution in [3.05, 3.63) is 71.8 Å². The summed E-state index contributed by atoms with van der Waals surface area (Å²) in [5, 5.41) is 0.326. The topological polar surface area (TPSA) is 57.7 Å². The largest absolute Gasteiger partial charge is 0.339 e. The fraction of sp³-hybridized carbons (Fsp3) is 0.250. The van der Waals surface area contributed by atoms with Gasteiger partial charge in [-0.2, -0.15) is 0 Å². The van der Waals surface area contributed by atoms with E-state index in [1.807, 2.05) is 0 Å². The number of benzene rings is 2. The van der Waals surface area contributed by atoms with Gasteiger partial charge in [0.05, 0.1) is 22.2 Å². The number of nitrogens with zero attached hydrogens (tertiary/aromatic N) is 2. The second kappa shape index (κ2) is 8.15. The Bertz CT molecular complexity index is 953. The summed E-state index contributed by atoms with van der Waals surface area (Å²) < 4.78 is 27.7. The molecule has 142 valence electrons. The van der Waals surface area contributed by atoms with E-state index < -0.39 is 10.0 Å². The Balaban J connectivity index is 2.00. The highest BCUT2D eigenvalue weighted by Crippen LogP contribution is 2.30. The third-order valence-corrected chi connectivity index (χ3v) is 6.57. The maximum absolute atomic E-state index is 13.3. The summed E-state index contributed by atoms with van der Waals surface area (Å²) in [5.41, 5.74) is 0.742. The van der Waals surface area contributed by atoms with Crippen LogP contribution in [-0.4, -0.2) is 38.9 Å². The molecule has 1 amide bonds. The van der Waals surface area contributed by atoms with Crippen LogP contribution in [0.15, 0.2) is 66.1 Å². The number of likely N-dealkylation sites (tertiary alicyclic amines) is 1. The first kappa shape index (κ1) is 19.5. The molecule has 2 aromatic carbocycles. The number of carbonyl (C=O) groups excluding carboxylic acids is 1. The van der Waals surface area contributed by atoms with Gasteiger partial charge < -0.3 is 4.90 Å². The molecule has 2 aromatic rings. The predicted octanol–water partition coefficient (Wildman–Crippen LogP) is 3.96. The number of halogens is 1. The summed E-state index contributed by atoms with van der Waals surface area (Å²) in [6, 6.07) is 12.9. The van der Waals surface area contributed by atoms with Crippen LogP contribution in [-0.2, 0) is 10.0 Å². The van der Waals surface area contributed by atoms with Crippen molar-refractivity contribution in [3.63, 3.8) is 0 Å². The maximum Gasteiger partial charge on any atom is 0.264 e.